The summed E-state index contributed by atoms with van der Waals surface area (Å²) in [6.07, 6.45) is 4.31. The van der Waals surface area contributed by atoms with Gasteiger partial charge in [-0.15, -0.1) is 0 Å². The van der Waals surface area contributed by atoms with E-state index in [-0.39, 0.29) is 27.8 Å². The maximum absolute atomic E-state index is 14.2. The normalized spacial score (nSPS) is 18.6. The number of benzene rings is 2. The van der Waals surface area contributed by atoms with Crippen molar-refractivity contribution in [2.24, 2.45) is 5.92 Å². The van der Waals surface area contributed by atoms with Crippen molar-refractivity contribution < 1.29 is 22.4 Å². The molecular weight excluding hydrogens is 469 g/mol. The average molecular weight is 502 g/mol. The molecule has 7 nitrogen and oxygen atoms in total. The molecule has 2 fully saturated rings. The van der Waals surface area contributed by atoms with E-state index in [0.29, 0.717) is 25.9 Å². The van der Waals surface area contributed by atoms with E-state index in [2.05, 4.69) is 17.6 Å². The van der Waals surface area contributed by atoms with Crippen LogP contribution >= 0.6 is 0 Å². The second-order valence-corrected chi connectivity index (χ2v) is 12.1. The number of nitrogens with one attached hydrogen (secondary N) is 2. The first kappa shape index (κ1) is 25.2. The topological polar surface area (TPSA) is 95.6 Å². The molecule has 2 aromatic rings. The molecule has 0 spiro atoms. The maximum atomic E-state index is 14.2. The lowest BCUT2D eigenvalue weighted by Gasteiger charge is -2.41. The van der Waals surface area contributed by atoms with Gasteiger partial charge >= 0.3 is 0 Å². The Kier molecular flexibility index (Phi) is 6.90. The van der Waals surface area contributed by atoms with Crippen molar-refractivity contribution in [2.45, 2.75) is 56.0 Å². The average Bonchev–Trinajstić information content (AvgIpc) is 3.64. The molecule has 2 aromatic carbocycles. The molecule has 1 saturated heterocycles. The van der Waals surface area contributed by atoms with E-state index in [1.54, 1.807) is 42.2 Å². The zero-order valence-corrected chi connectivity index (χ0v) is 21.1. The van der Waals surface area contributed by atoms with Crippen molar-refractivity contribution in [3.63, 3.8) is 0 Å². The molecule has 188 valence electrons. The summed E-state index contributed by atoms with van der Waals surface area (Å²) in [5, 5.41) is 6.28. The maximum Gasteiger partial charge on any atom is 0.254 e. The number of sulfone groups is 1. The highest BCUT2D eigenvalue weighted by molar-refractivity contribution is 7.90. The van der Waals surface area contributed by atoms with Gasteiger partial charge in [-0.05, 0) is 81.8 Å². The van der Waals surface area contributed by atoms with E-state index in [9.17, 15) is 22.4 Å². The molecule has 35 heavy (non-hydrogen) atoms. The summed E-state index contributed by atoms with van der Waals surface area (Å²) < 4.78 is 37.6. The predicted molar refractivity (Wildman–Crippen MR) is 133 cm³/mol. The molecule has 2 aliphatic rings. The number of carbonyl (C=O) groups excluding carboxylic acids is 2. The third kappa shape index (κ3) is 6.01. The number of likely N-dealkylation sites (tertiary alicyclic amines) is 1. The largest absolute Gasteiger partial charge is 0.380 e. The Balaban J connectivity index is 1.38. The number of hydrogen-bond donors (Lipinski definition) is 2. The molecule has 9 heteroatoms. The quantitative estimate of drug-likeness (QED) is 0.605. The molecule has 0 unspecified atom stereocenters. The SMILES string of the molecule is Cc1ccc(F)c(C(=O)N[C@@H](C(=O)N2CCC(C)(Nc3ccc(S(C)(=O)=O)cc3)CC2)C2CC2)c1. The van der Waals surface area contributed by atoms with Gasteiger partial charge in [-0.3, -0.25) is 9.59 Å². The number of hydrogen-bond acceptors (Lipinski definition) is 5. The van der Waals surface area contributed by atoms with Crippen LogP contribution in [0.15, 0.2) is 47.4 Å². The van der Waals surface area contributed by atoms with Gasteiger partial charge in [0.15, 0.2) is 9.84 Å². The van der Waals surface area contributed by atoms with Crippen LogP contribution in [0.2, 0.25) is 0 Å². The third-order valence-corrected chi connectivity index (χ3v) is 8.05. The monoisotopic (exact) mass is 501 g/mol. The summed E-state index contributed by atoms with van der Waals surface area (Å²) >= 11 is 0. The number of nitrogens with zero attached hydrogens (tertiary/aromatic N) is 1. The number of aryl methyl sites for hydroxylation is 1. The minimum atomic E-state index is -3.25. The summed E-state index contributed by atoms with van der Waals surface area (Å²) in [7, 11) is -3.25. The van der Waals surface area contributed by atoms with Crippen LogP contribution in [0.5, 0.6) is 0 Å². The fourth-order valence-corrected chi connectivity index (χ4v) is 5.15. The van der Waals surface area contributed by atoms with E-state index in [4.69, 9.17) is 0 Å². The summed E-state index contributed by atoms with van der Waals surface area (Å²) in [6, 6.07) is 10.4. The van der Waals surface area contributed by atoms with E-state index < -0.39 is 27.6 Å². The van der Waals surface area contributed by atoms with Crippen LogP contribution < -0.4 is 10.6 Å². The number of halogens is 1. The highest BCUT2D eigenvalue weighted by atomic mass is 32.2. The Morgan fingerprint density at radius 2 is 1.71 bits per heavy atom. The molecule has 1 atom stereocenters. The van der Waals surface area contributed by atoms with Gasteiger partial charge in [-0.1, -0.05) is 11.6 Å². The number of piperidine rings is 1. The summed E-state index contributed by atoms with van der Waals surface area (Å²) in [5.41, 5.74) is 1.30. The van der Waals surface area contributed by atoms with Gasteiger partial charge in [-0.25, -0.2) is 12.8 Å². The highest BCUT2D eigenvalue weighted by Gasteiger charge is 2.41. The van der Waals surface area contributed by atoms with Gasteiger partial charge < -0.3 is 15.5 Å². The minimum Gasteiger partial charge on any atom is -0.380 e. The van der Waals surface area contributed by atoms with Crippen LogP contribution in [0.3, 0.4) is 0 Å². The van der Waals surface area contributed by atoms with Gasteiger partial charge in [0.25, 0.3) is 5.91 Å². The smallest absolute Gasteiger partial charge is 0.254 e. The second kappa shape index (κ2) is 9.60. The lowest BCUT2D eigenvalue weighted by molar-refractivity contribution is -0.135. The first-order chi connectivity index (χ1) is 16.4. The van der Waals surface area contributed by atoms with Crippen molar-refractivity contribution in [3.05, 3.63) is 59.4 Å². The van der Waals surface area contributed by atoms with Crippen molar-refractivity contribution in [1.82, 2.24) is 10.2 Å². The molecule has 1 aliphatic heterocycles. The molecule has 1 saturated carbocycles. The number of anilines is 1. The zero-order valence-electron chi connectivity index (χ0n) is 20.3. The Hall–Kier alpha value is -2.94. The summed E-state index contributed by atoms with van der Waals surface area (Å²) in [5.74, 6) is -1.19. The Morgan fingerprint density at radius 3 is 2.29 bits per heavy atom. The third-order valence-electron chi connectivity index (χ3n) is 6.92. The van der Waals surface area contributed by atoms with Gasteiger partial charge in [0.1, 0.15) is 11.9 Å². The van der Waals surface area contributed by atoms with Crippen molar-refractivity contribution in [3.8, 4) is 0 Å². The van der Waals surface area contributed by atoms with Crippen LogP contribution in [0.25, 0.3) is 0 Å². The summed E-state index contributed by atoms with van der Waals surface area (Å²) in [6.45, 7) is 4.93. The van der Waals surface area contributed by atoms with Crippen LogP contribution in [-0.2, 0) is 14.6 Å². The molecular formula is C26H32FN3O4S. The zero-order chi connectivity index (χ0) is 25.4. The number of amides is 2. The fraction of sp³-hybridized carbons (Fsp3) is 0.462. The Morgan fingerprint density at radius 1 is 1.09 bits per heavy atom. The Labute approximate surface area is 206 Å². The van der Waals surface area contributed by atoms with Crippen molar-refractivity contribution in [1.29, 1.82) is 0 Å². The van der Waals surface area contributed by atoms with E-state index >= 15 is 0 Å². The molecule has 0 aromatic heterocycles. The molecule has 4 rings (SSSR count). The first-order valence-corrected chi connectivity index (χ1v) is 13.8. The number of carbonyl (C=O) groups is 2. The first-order valence-electron chi connectivity index (χ1n) is 11.9. The highest BCUT2D eigenvalue weighted by Crippen LogP contribution is 2.35. The standard InChI is InChI=1S/C26H32FN3O4S/c1-17-4-11-22(27)21(16-17)24(31)28-23(18-5-6-18)25(32)30-14-12-26(2,13-15-30)29-19-7-9-20(10-8-19)35(3,33)34/h4,7-11,16,18,23,29H,5-6,12-15H2,1-3H3,(H,28,31)/t23-/m1/s1. The van der Waals surface area contributed by atoms with Crippen LogP contribution in [0.1, 0.15) is 48.5 Å². The van der Waals surface area contributed by atoms with Gasteiger partial charge in [0.2, 0.25) is 5.91 Å². The fourth-order valence-electron chi connectivity index (χ4n) is 4.52. The Bertz CT molecular complexity index is 1220. The van der Waals surface area contributed by atoms with Crippen LogP contribution in [-0.4, -0.2) is 56.1 Å². The molecule has 0 radical (unpaired) electrons. The molecule has 2 amide bonds. The van der Waals surface area contributed by atoms with Crippen molar-refractivity contribution >= 4 is 27.3 Å². The van der Waals surface area contributed by atoms with Gasteiger partial charge in [0, 0.05) is 30.6 Å². The number of rotatable bonds is 7. The van der Waals surface area contributed by atoms with Crippen molar-refractivity contribution in [2.75, 3.05) is 24.7 Å². The second-order valence-electron chi connectivity index (χ2n) is 10.1. The molecule has 1 heterocycles. The van der Waals surface area contributed by atoms with Crippen LogP contribution in [0.4, 0.5) is 10.1 Å². The van der Waals surface area contributed by atoms with E-state index in [0.717, 1.165) is 24.1 Å². The predicted octanol–water partition coefficient (Wildman–Crippen LogP) is 3.54. The molecule has 2 N–H and O–H groups in total. The van der Waals surface area contributed by atoms with Gasteiger partial charge in [-0.2, -0.15) is 0 Å². The summed E-state index contributed by atoms with van der Waals surface area (Å²) in [4.78, 5) is 28.2. The molecule has 0 bridgehead atoms. The van der Waals surface area contributed by atoms with Gasteiger partial charge in [0.05, 0.1) is 10.5 Å². The molecule has 1 aliphatic carbocycles. The lowest BCUT2D eigenvalue weighted by atomic mass is 9.88. The van der Waals surface area contributed by atoms with Crippen LogP contribution in [0, 0.1) is 18.7 Å². The van der Waals surface area contributed by atoms with E-state index in [1.807, 2.05) is 0 Å². The van der Waals surface area contributed by atoms with E-state index in [1.165, 1.54) is 18.4 Å². The lowest BCUT2D eigenvalue weighted by Crippen LogP contribution is -2.55. The minimum absolute atomic E-state index is 0.0410.